The number of rotatable bonds is 4. The summed E-state index contributed by atoms with van der Waals surface area (Å²) in [4.78, 5) is 4.34. The van der Waals surface area contributed by atoms with E-state index in [2.05, 4.69) is 4.98 Å². The van der Waals surface area contributed by atoms with Gasteiger partial charge in [-0.15, -0.1) is 0 Å². The zero-order valence-electron chi connectivity index (χ0n) is 14.3. The van der Waals surface area contributed by atoms with Crippen LogP contribution in [-0.2, 0) is 10.0 Å². The van der Waals surface area contributed by atoms with E-state index in [1.165, 1.54) is 0 Å². The minimum atomic E-state index is -3.57. The first-order valence-electron chi connectivity index (χ1n) is 8.69. The number of ether oxygens (including phenoxy) is 1. The minimum Gasteiger partial charge on any atom is -0.489 e. The lowest BCUT2D eigenvalue weighted by Crippen LogP contribution is -2.44. The van der Waals surface area contributed by atoms with E-state index >= 15 is 0 Å². The zero-order chi connectivity index (χ0) is 18.0. The molecular formula is C20H20N2O3S. The van der Waals surface area contributed by atoms with Crippen molar-refractivity contribution in [2.24, 2.45) is 0 Å². The Bertz CT molecular complexity index is 1000. The van der Waals surface area contributed by atoms with Gasteiger partial charge in [0.15, 0.2) is 0 Å². The van der Waals surface area contributed by atoms with Crippen LogP contribution in [0, 0.1) is 0 Å². The van der Waals surface area contributed by atoms with Gasteiger partial charge < -0.3 is 4.74 Å². The Balaban J connectivity index is 1.61. The second kappa shape index (κ2) is 7.05. The number of aromatic nitrogens is 1. The lowest BCUT2D eigenvalue weighted by Gasteiger charge is -2.32. The lowest BCUT2D eigenvalue weighted by molar-refractivity contribution is 0.129. The molecule has 1 unspecified atom stereocenters. The quantitative estimate of drug-likeness (QED) is 0.708. The molecule has 0 bridgehead atoms. The predicted molar refractivity (Wildman–Crippen MR) is 101 cm³/mol. The summed E-state index contributed by atoms with van der Waals surface area (Å²) in [6, 6.07) is 16.6. The summed E-state index contributed by atoms with van der Waals surface area (Å²) in [5.74, 6) is 0.717. The van der Waals surface area contributed by atoms with Crippen molar-refractivity contribution in [3.63, 3.8) is 0 Å². The highest BCUT2D eigenvalue weighted by molar-refractivity contribution is 7.89. The number of benzene rings is 2. The van der Waals surface area contributed by atoms with Gasteiger partial charge in [0.05, 0.1) is 11.4 Å². The molecule has 3 aromatic rings. The molecule has 1 fully saturated rings. The smallest absolute Gasteiger partial charge is 0.243 e. The van der Waals surface area contributed by atoms with Crippen LogP contribution in [0.3, 0.4) is 0 Å². The molecule has 26 heavy (non-hydrogen) atoms. The summed E-state index contributed by atoms with van der Waals surface area (Å²) >= 11 is 0. The molecular weight excluding hydrogens is 348 g/mol. The fourth-order valence-corrected chi connectivity index (χ4v) is 5.11. The Morgan fingerprint density at radius 1 is 1.00 bits per heavy atom. The molecule has 4 rings (SSSR count). The highest BCUT2D eigenvalue weighted by Gasteiger charge is 2.32. The van der Waals surface area contributed by atoms with Crippen LogP contribution >= 0.6 is 0 Å². The summed E-state index contributed by atoms with van der Waals surface area (Å²) < 4.78 is 34.0. The number of fused-ring (bicyclic) bond motifs is 1. The first-order valence-corrected chi connectivity index (χ1v) is 10.1. The maximum atomic E-state index is 13.3. The largest absolute Gasteiger partial charge is 0.489 e. The highest BCUT2D eigenvalue weighted by atomic mass is 32.2. The number of nitrogens with zero attached hydrogens (tertiary/aromatic N) is 2. The fraction of sp³-hybridized carbons (Fsp3) is 0.250. The molecule has 1 aliphatic heterocycles. The van der Waals surface area contributed by atoms with Gasteiger partial charge in [-0.25, -0.2) is 8.42 Å². The molecule has 5 nitrogen and oxygen atoms in total. The van der Waals surface area contributed by atoms with Crippen molar-refractivity contribution in [1.82, 2.24) is 9.29 Å². The Labute approximate surface area is 153 Å². The zero-order valence-corrected chi connectivity index (χ0v) is 15.1. The van der Waals surface area contributed by atoms with Crippen LogP contribution in [-0.4, -0.2) is 36.9 Å². The molecule has 134 valence electrons. The third-order valence-corrected chi connectivity index (χ3v) is 6.58. The van der Waals surface area contributed by atoms with E-state index in [-0.39, 0.29) is 6.10 Å². The van der Waals surface area contributed by atoms with Gasteiger partial charge in [0.1, 0.15) is 11.9 Å². The van der Waals surface area contributed by atoms with Gasteiger partial charge in [0.2, 0.25) is 10.0 Å². The minimum absolute atomic E-state index is 0.157. The predicted octanol–water partition coefficient (Wildman–Crippen LogP) is 3.47. The van der Waals surface area contributed by atoms with E-state index in [0.717, 1.165) is 29.4 Å². The molecule has 1 saturated heterocycles. The molecule has 1 atom stereocenters. The molecule has 2 aromatic carbocycles. The molecule has 2 heterocycles. The van der Waals surface area contributed by atoms with Gasteiger partial charge in [-0.3, -0.25) is 4.98 Å². The summed E-state index contributed by atoms with van der Waals surface area (Å²) in [5.41, 5.74) is 0. The first kappa shape index (κ1) is 17.0. The molecule has 0 saturated carbocycles. The van der Waals surface area contributed by atoms with Gasteiger partial charge >= 0.3 is 0 Å². The SMILES string of the molecule is O=S(=O)(c1cccc2ccccc12)N1CCCC(Oc2ccncc2)C1. The van der Waals surface area contributed by atoms with Crippen LogP contribution in [0.15, 0.2) is 71.9 Å². The standard InChI is InChI=1S/C20H20N2O3S/c23-26(24,20-9-3-6-16-5-1-2-8-19(16)20)22-14-4-7-18(15-22)25-17-10-12-21-13-11-17/h1-3,5-6,8-13,18H,4,7,14-15H2. The average molecular weight is 368 g/mol. The van der Waals surface area contributed by atoms with Gasteiger partial charge in [0.25, 0.3) is 0 Å². The molecule has 1 aromatic heterocycles. The molecule has 0 aliphatic carbocycles. The highest BCUT2D eigenvalue weighted by Crippen LogP contribution is 2.28. The number of piperidine rings is 1. The van der Waals surface area contributed by atoms with E-state index in [0.29, 0.717) is 18.0 Å². The summed E-state index contributed by atoms with van der Waals surface area (Å²) in [6.45, 7) is 0.871. The maximum absolute atomic E-state index is 13.3. The van der Waals surface area contributed by atoms with Crippen molar-refractivity contribution in [2.75, 3.05) is 13.1 Å². The van der Waals surface area contributed by atoms with Crippen LogP contribution in [0.25, 0.3) is 10.8 Å². The van der Waals surface area contributed by atoms with E-state index in [1.54, 1.807) is 41.0 Å². The van der Waals surface area contributed by atoms with E-state index in [4.69, 9.17) is 4.74 Å². The van der Waals surface area contributed by atoms with Gasteiger partial charge in [-0.2, -0.15) is 4.31 Å². The molecule has 0 radical (unpaired) electrons. The molecule has 6 heteroatoms. The normalized spacial score (nSPS) is 18.7. The van der Waals surface area contributed by atoms with Crippen LogP contribution in [0.5, 0.6) is 5.75 Å². The number of pyridine rings is 1. The van der Waals surface area contributed by atoms with Gasteiger partial charge in [0, 0.05) is 24.3 Å². The van der Waals surface area contributed by atoms with E-state index < -0.39 is 10.0 Å². The first-order chi connectivity index (χ1) is 12.6. The Morgan fingerprint density at radius 2 is 1.77 bits per heavy atom. The molecule has 0 amide bonds. The van der Waals surface area contributed by atoms with Crippen molar-refractivity contribution < 1.29 is 13.2 Å². The van der Waals surface area contributed by atoms with Crippen molar-refractivity contribution in [3.8, 4) is 5.75 Å². The van der Waals surface area contributed by atoms with Crippen molar-refractivity contribution in [3.05, 3.63) is 67.0 Å². The Morgan fingerprint density at radius 3 is 2.62 bits per heavy atom. The van der Waals surface area contributed by atoms with E-state index in [9.17, 15) is 8.42 Å². The Hall–Kier alpha value is -2.44. The van der Waals surface area contributed by atoms with Crippen molar-refractivity contribution >= 4 is 20.8 Å². The third kappa shape index (κ3) is 3.30. The fourth-order valence-electron chi connectivity index (χ4n) is 3.39. The Kier molecular flexibility index (Phi) is 4.61. The lowest BCUT2D eigenvalue weighted by atomic mass is 10.1. The number of hydrogen-bond donors (Lipinski definition) is 0. The summed E-state index contributed by atoms with van der Waals surface area (Å²) in [7, 11) is -3.57. The number of hydrogen-bond acceptors (Lipinski definition) is 4. The monoisotopic (exact) mass is 368 g/mol. The van der Waals surface area contributed by atoms with Crippen LogP contribution in [0.1, 0.15) is 12.8 Å². The number of sulfonamides is 1. The van der Waals surface area contributed by atoms with Crippen molar-refractivity contribution in [1.29, 1.82) is 0 Å². The molecule has 1 aliphatic rings. The summed E-state index contributed by atoms with van der Waals surface area (Å²) in [5, 5.41) is 1.68. The average Bonchev–Trinajstić information content (AvgIpc) is 2.68. The van der Waals surface area contributed by atoms with E-state index in [1.807, 2.05) is 30.3 Å². The van der Waals surface area contributed by atoms with Gasteiger partial charge in [-0.1, -0.05) is 36.4 Å². The van der Waals surface area contributed by atoms with Crippen LogP contribution < -0.4 is 4.74 Å². The topological polar surface area (TPSA) is 59.5 Å². The molecule has 0 spiro atoms. The van der Waals surface area contributed by atoms with Crippen LogP contribution in [0.2, 0.25) is 0 Å². The van der Waals surface area contributed by atoms with Crippen LogP contribution in [0.4, 0.5) is 0 Å². The third-order valence-electron chi connectivity index (χ3n) is 4.66. The maximum Gasteiger partial charge on any atom is 0.243 e. The molecule has 0 N–H and O–H groups in total. The van der Waals surface area contributed by atoms with Gasteiger partial charge in [-0.05, 0) is 36.4 Å². The second-order valence-electron chi connectivity index (χ2n) is 6.41. The summed E-state index contributed by atoms with van der Waals surface area (Å²) in [6.07, 6.45) is 4.80. The van der Waals surface area contributed by atoms with Crippen molar-refractivity contribution in [2.45, 2.75) is 23.8 Å². The second-order valence-corrected chi connectivity index (χ2v) is 8.31.